The first-order valence-corrected chi connectivity index (χ1v) is 13.8. The van der Waals surface area contributed by atoms with Crippen molar-refractivity contribution in [2.45, 2.75) is 19.3 Å². The van der Waals surface area contributed by atoms with Gasteiger partial charge >= 0.3 is 12.5 Å². The smallest absolute Gasteiger partial charge is 0.406 e. The topological polar surface area (TPSA) is 80.1 Å². The van der Waals surface area contributed by atoms with E-state index in [1.807, 2.05) is 25.2 Å². The molecular formula is C30H34F3N5O4. The Balaban J connectivity index is 1.16. The number of carbonyl (C=O) groups is 2. The molecule has 12 heteroatoms. The third-order valence-electron chi connectivity index (χ3n) is 7.88. The molecule has 2 unspecified atom stereocenters. The number of hydrogen-bond acceptors (Lipinski definition) is 6. The quantitative estimate of drug-likeness (QED) is 0.336. The van der Waals surface area contributed by atoms with Crippen LogP contribution in [0.15, 0.2) is 67.1 Å². The summed E-state index contributed by atoms with van der Waals surface area (Å²) in [6.45, 7) is 2.93. The van der Waals surface area contributed by atoms with Crippen LogP contribution in [-0.4, -0.2) is 82.4 Å². The molecule has 42 heavy (non-hydrogen) atoms. The zero-order chi connectivity index (χ0) is 29.9. The average molecular weight is 586 g/mol. The van der Waals surface area contributed by atoms with Gasteiger partial charge in [0.15, 0.2) is 0 Å². The minimum Gasteiger partial charge on any atom is -0.406 e. The summed E-state index contributed by atoms with van der Waals surface area (Å²) in [5.41, 5.74) is 1.67. The summed E-state index contributed by atoms with van der Waals surface area (Å²) in [5.74, 6) is 0.729. The maximum absolute atomic E-state index is 13.2. The molecule has 0 bridgehead atoms. The molecule has 2 fully saturated rings. The largest absolute Gasteiger partial charge is 0.573 e. The van der Waals surface area contributed by atoms with Crippen LogP contribution in [0.5, 0.6) is 11.6 Å². The molecule has 1 aliphatic carbocycles. The average Bonchev–Trinajstić information content (AvgIpc) is 3.22. The number of carbonyl (C=O) groups excluding carboxylic acids is 2. The number of alkyl halides is 3. The van der Waals surface area contributed by atoms with E-state index < -0.39 is 12.5 Å². The number of likely N-dealkylation sites (N-methyl/N-ethyl adjacent to an activating group) is 1. The summed E-state index contributed by atoms with van der Waals surface area (Å²) < 4.78 is 49.4. The molecule has 2 amide bonds. The molecule has 2 atom stereocenters. The van der Waals surface area contributed by atoms with Crippen LogP contribution in [0.4, 0.5) is 18.0 Å². The van der Waals surface area contributed by atoms with Gasteiger partial charge in [-0.3, -0.25) is 9.69 Å². The first-order valence-electron chi connectivity index (χ1n) is 13.8. The van der Waals surface area contributed by atoms with Crippen molar-refractivity contribution in [3.05, 3.63) is 78.2 Å². The van der Waals surface area contributed by atoms with Gasteiger partial charge in [-0.1, -0.05) is 42.5 Å². The van der Waals surface area contributed by atoms with Crippen LogP contribution in [0.25, 0.3) is 0 Å². The molecule has 1 aliphatic heterocycles. The summed E-state index contributed by atoms with van der Waals surface area (Å²) in [5, 5.41) is 0. The second kappa shape index (κ2) is 12.4. The second-order valence-corrected chi connectivity index (χ2v) is 11.1. The van der Waals surface area contributed by atoms with Crippen molar-refractivity contribution < 1.29 is 32.2 Å². The van der Waals surface area contributed by atoms with E-state index in [2.05, 4.69) is 26.8 Å². The standard InChI is InChI=1S/C30H34F3N5O4/c1-35-18-27(34-20-35)41-29(40)38(14-22-9-6-10-23(13-22)42-30(31,32)33)17-26-24-15-37(16-25(24)26)19-28(39)36(2)12-11-21-7-4-3-5-8-21/h3-10,13,18,20,24-26H,11-12,14-17,19H2,1-2H3. The number of hydrogen-bond donors (Lipinski definition) is 0. The number of piperidine rings is 1. The number of amides is 2. The lowest BCUT2D eigenvalue weighted by Crippen LogP contribution is -2.40. The molecule has 1 saturated heterocycles. The number of benzene rings is 2. The summed E-state index contributed by atoms with van der Waals surface area (Å²) in [7, 11) is 3.57. The van der Waals surface area contributed by atoms with Gasteiger partial charge in [0, 0.05) is 46.8 Å². The number of likely N-dealkylation sites (tertiary alicyclic amines) is 1. The molecular weight excluding hydrogens is 551 g/mol. The van der Waals surface area contributed by atoms with Crippen LogP contribution in [0.1, 0.15) is 11.1 Å². The summed E-state index contributed by atoms with van der Waals surface area (Å²) in [4.78, 5) is 35.4. The highest BCUT2D eigenvalue weighted by molar-refractivity contribution is 5.78. The molecule has 3 aromatic rings. The Morgan fingerprint density at radius 2 is 1.76 bits per heavy atom. The van der Waals surface area contributed by atoms with E-state index >= 15 is 0 Å². The number of aromatic nitrogens is 2. The van der Waals surface area contributed by atoms with Crippen molar-refractivity contribution in [1.29, 1.82) is 0 Å². The predicted octanol–water partition coefficient (Wildman–Crippen LogP) is 4.20. The Morgan fingerprint density at radius 1 is 1.05 bits per heavy atom. The molecule has 2 aromatic carbocycles. The second-order valence-electron chi connectivity index (χ2n) is 11.1. The van der Waals surface area contributed by atoms with Crippen LogP contribution >= 0.6 is 0 Å². The number of rotatable bonds is 11. The molecule has 2 aliphatic rings. The number of imidazole rings is 1. The van der Waals surface area contributed by atoms with E-state index in [4.69, 9.17) is 4.74 Å². The zero-order valence-electron chi connectivity index (χ0n) is 23.5. The molecule has 0 radical (unpaired) electrons. The van der Waals surface area contributed by atoms with Crippen LogP contribution < -0.4 is 9.47 Å². The molecule has 5 rings (SSSR count). The van der Waals surface area contributed by atoms with Crippen LogP contribution in [0.2, 0.25) is 0 Å². The molecule has 0 spiro atoms. The highest BCUT2D eigenvalue weighted by Gasteiger charge is 2.56. The van der Waals surface area contributed by atoms with Gasteiger partial charge in [-0.15, -0.1) is 13.2 Å². The number of fused-ring (bicyclic) bond motifs is 1. The van der Waals surface area contributed by atoms with E-state index in [1.54, 1.807) is 28.8 Å². The maximum atomic E-state index is 13.2. The molecule has 1 aromatic heterocycles. The summed E-state index contributed by atoms with van der Waals surface area (Å²) in [6.07, 6.45) is -1.58. The van der Waals surface area contributed by atoms with Gasteiger partial charge in [0.05, 0.1) is 19.1 Å². The van der Waals surface area contributed by atoms with Crippen molar-refractivity contribution in [2.75, 3.05) is 39.8 Å². The fourth-order valence-corrected chi connectivity index (χ4v) is 5.63. The van der Waals surface area contributed by atoms with Gasteiger partial charge in [0.1, 0.15) is 5.75 Å². The first kappa shape index (κ1) is 29.4. The number of ether oxygens (including phenoxy) is 2. The summed E-state index contributed by atoms with van der Waals surface area (Å²) in [6, 6.07) is 15.6. The summed E-state index contributed by atoms with van der Waals surface area (Å²) >= 11 is 0. The number of aryl methyl sites for hydroxylation is 1. The lowest BCUT2D eigenvalue weighted by Gasteiger charge is -2.26. The Bertz CT molecular complexity index is 1370. The highest BCUT2D eigenvalue weighted by Crippen LogP contribution is 2.52. The Morgan fingerprint density at radius 3 is 2.43 bits per heavy atom. The Labute approximate surface area is 242 Å². The van der Waals surface area contributed by atoms with E-state index in [0.29, 0.717) is 37.0 Å². The predicted molar refractivity (Wildman–Crippen MR) is 147 cm³/mol. The fraction of sp³-hybridized carbons (Fsp3) is 0.433. The maximum Gasteiger partial charge on any atom is 0.573 e. The molecule has 9 nitrogen and oxygen atoms in total. The molecule has 0 N–H and O–H groups in total. The van der Waals surface area contributed by atoms with E-state index in [1.165, 1.54) is 35.0 Å². The van der Waals surface area contributed by atoms with Gasteiger partial charge in [0.25, 0.3) is 0 Å². The van der Waals surface area contributed by atoms with Crippen molar-refractivity contribution in [3.63, 3.8) is 0 Å². The zero-order valence-corrected chi connectivity index (χ0v) is 23.5. The van der Waals surface area contributed by atoms with Crippen molar-refractivity contribution in [3.8, 4) is 11.6 Å². The Kier molecular flexibility index (Phi) is 8.72. The monoisotopic (exact) mass is 585 g/mol. The third kappa shape index (κ3) is 7.81. The minimum absolute atomic E-state index is 0.0467. The first-order chi connectivity index (χ1) is 20.0. The third-order valence-corrected chi connectivity index (χ3v) is 7.88. The normalized spacial score (nSPS) is 19.7. The lowest BCUT2D eigenvalue weighted by atomic mass is 10.1. The van der Waals surface area contributed by atoms with E-state index in [9.17, 15) is 22.8 Å². The minimum atomic E-state index is -4.81. The van der Waals surface area contributed by atoms with Crippen LogP contribution in [-0.2, 0) is 24.8 Å². The van der Waals surface area contributed by atoms with Crippen molar-refractivity contribution in [2.24, 2.45) is 24.8 Å². The van der Waals surface area contributed by atoms with Gasteiger partial charge < -0.3 is 23.8 Å². The van der Waals surface area contributed by atoms with Gasteiger partial charge in [-0.05, 0) is 47.4 Å². The van der Waals surface area contributed by atoms with Gasteiger partial charge in [-0.2, -0.15) is 0 Å². The highest BCUT2D eigenvalue weighted by atomic mass is 19.4. The molecule has 224 valence electrons. The number of nitrogens with zero attached hydrogens (tertiary/aromatic N) is 5. The van der Waals surface area contributed by atoms with Crippen molar-refractivity contribution >= 4 is 12.0 Å². The van der Waals surface area contributed by atoms with Crippen LogP contribution in [0.3, 0.4) is 0 Å². The van der Waals surface area contributed by atoms with Gasteiger partial charge in [0.2, 0.25) is 11.8 Å². The van der Waals surface area contributed by atoms with Crippen molar-refractivity contribution in [1.82, 2.24) is 24.3 Å². The van der Waals surface area contributed by atoms with Crippen LogP contribution in [0, 0.1) is 17.8 Å². The lowest BCUT2D eigenvalue weighted by molar-refractivity contribution is -0.274. The Hall–Kier alpha value is -4.06. The van der Waals surface area contributed by atoms with E-state index in [-0.39, 0.29) is 30.0 Å². The van der Waals surface area contributed by atoms with Gasteiger partial charge in [-0.25, -0.2) is 9.78 Å². The molecule has 2 heterocycles. The molecule has 1 saturated carbocycles. The number of halogens is 3. The van der Waals surface area contributed by atoms with E-state index in [0.717, 1.165) is 19.5 Å². The SMILES string of the molecule is CN(CCc1ccccc1)C(=O)CN1CC2C(C1)C2CN(Cc1cccc(OC(F)(F)F)c1)C(=O)Oc1cn(C)cn1. The fourth-order valence-electron chi connectivity index (χ4n) is 5.63.